The first kappa shape index (κ1) is 18.0. The van der Waals surface area contributed by atoms with E-state index in [1.165, 1.54) is 0 Å². The zero-order chi connectivity index (χ0) is 8.31. The van der Waals surface area contributed by atoms with E-state index in [2.05, 4.69) is 0 Å². The summed E-state index contributed by atoms with van der Waals surface area (Å²) in [6.07, 6.45) is 0. The number of Topliss-reactive ketones (excluding diaryl/α,β-unsaturated/α-hetero) is 1. The molecule has 12 heavy (non-hydrogen) atoms. The fourth-order valence-corrected chi connectivity index (χ4v) is 0.428. The number of ketones is 1. The Kier molecular flexibility index (Phi) is 11.6. The Morgan fingerprint density at radius 2 is 1.25 bits per heavy atom. The molecule has 0 fully saturated rings. The van der Waals surface area contributed by atoms with Gasteiger partial charge in [-0.3, -0.25) is 4.79 Å². The van der Waals surface area contributed by atoms with Gasteiger partial charge < -0.3 is 19.8 Å². The summed E-state index contributed by atoms with van der Waals surface area (Å²) in [7, 11) is 0. The van der Waals surface area contributed by atoms with Gasteiger partial charge >= 0.3 is 44.8 Å². The maximum absolute atomic E-state index is 10.2. The molecule has 0 saturated heterocycles. The summed E-state index contributed by atoms with van der Waals surface area (Å²) in [5.41, 5.74) is 0. The Bertz CT molecular complexity index is 157. The molecule has 0 bridgehead atoms. The maximum atomic E-state index is 10.2. The SMILES string of the molecule is CC(=O)C(C(=O)[O-])C(=O)[O-].[Ag+].[Ag+]. The molecule has 0 rings (SSSR count). The third kappa shape index (κ3) is 5.70. The van der Waals surface area contributed by atoms with Gasteiger partial charge in [0, 0.05) is 0 Å². The molecule has 0 unspecified atom stereocenters. The molecule has 0 aromatic heterocycles. The Balaban J connectivity index is -0.000000405. The van der Waals surface area contributed by atoms with Crippen LogP contribution in [0.3, 0.4) is 0 Å². The van der Waals surface area contributed by atoms with Crippen LogP contribution < -0.4 is 10.2 Å². The predicted molar refractivity (Wildman–Crippen MR) is 24.2 cm³/mol. The zero-order valence-electron chi connectivity index (χ0n) is 5.72. The van der Waals surface area contributed by atoms with E-state index in [1.807, 2.05) is 0 Å². The number of carbonyl (C=O) groups excluding carboxylic acids is 3. The summed E-state index contributed by atoms with van der Waals surface area (Å²) in [6.45, 7) is 0.844. The van der Waals surface area contributed by atoms with Crippen molar-refractivity contribution in [3.8, 4) is 0 Å². The molecule has 0 atom stereocenters. The molecule has 0 aliphatic carbocycles. The van der Waals surface area contributed by atoms with Gasteiger partial charge in [0.1, 0.15) is 5.78 Å². The average molecular weight is 360 g/mol. The van der Waals surface area contributed by atoms with E-state index < -0.39 is 23.6 Å². The summed E-state index contributed by atoms with van der Waals surface area (Å²) in [6, 6.07) is 0. The number of rotatable bonds is 3. The van der Waals surface area contributed by atoms with E-state index >= 15 is 0 Å². The molecule has 76 valence electrons. The number of hydrogen-bond acceptors (Lipinski definition) is 5. The monoisotopic (exact) mass is 358 g/mol. The molecule has 0 N–H and O–H groups in total. The molecule has 0 aromatic carbocycles. The van der Waals surface area contributed by atoms with Crippen molar-refractivity contribution in [2.75, 3.05) is 0 Å². The van der Waals surface area contributed by atoms with Crippen LogP contribution in [0.4, 0.5) is 0 Å². The number of carboxylic acid groups (broad SMARTS) is 2. The second-order valence-corrected chi connectivity index (χ2v) is 1.68. The quantitative estimate of drug-likeness (QED) is 0.388. The minimum Gasteiger partial charge on any atom is -0.549 e. The minimum absolute atomic E-state index is 0. The van der Waals surface area contributed by atoms with Crippen LogP contribution in [0, 0.1) is 5.92 Å². The second-order valence-electron chi connectivity index (χ2n) is 1.68. The van der Waals surface area contributed by atoms with Gasteiger partial charge in [-0.25, -0.2) is 0 Å². The third-order valence-electron chi connectivity index (χ3n) is 0.878. The van der Waals surface area contributed by atoms with Crippen molar-refractivity contribution in [3.05, 3.63) is 0 Å². The van der Waals surface area contributed by atoms with Gasteiger partial charge in [-0.2, -0.15) is 0 Å². The standard InChI is InChI=1S/C5H6O5.2Ag/c1-2(6)3(4(7)8)5(9)10;;/h3H,1H3,(H,7,8)(H,9,10);;/q;2*+1/p-2. The first-order valence-corrected chi connectivity index (χ1v) is 2.39. The second kappa shape index (κ2) is 7.72. The summed E-state index contributed by atoms with van der Waals surface area (Å²) < 4.78 is 0. The number of aliphatic carboxylic acids is 2. The van der Waals surface area contributed by atoms with E-state index in [-0.39, 0.29) is 44.8 Å². The van der Waals surface area contributed by atoms with Crippen molar-refractivity contribution in [3.63, 3.8) is 0 Å². The fraction of sp³-hybridized carbons (Fsp3) is 0.400. The van der Waals surface area contributed by atoms with Gasteiger partial charge in [-0.15, -0.1) is 0 Å². The normalized spacial score (nSPS) is 7.83. The molecule has 0 spiro atoms. The molecular weight excluding hydrogens is 356 g/mol. The first-order chi connectivity index (χ1) is 4.46. The van der Waals surface area contributed by atoms with Crippen LogP contribution in [0.25, 0.3) is 0 Å². The smallest absolute Gasteiger partial charge is 0.549 e. The molecule has 7 heteroatoms. The van der Waals surface area contributed by atoms with Crippen LogP contribution >= 0.6 is 0 Å². The van der Waals surface area contributed by atoms with E-state index in [9.17, 15) is 24.6 Å². The number of carbonyl (C=O) groups is 3. The van der Waals surface area contributed by atoms with Crippen LogP contribution in [-0.2, 0) is 59.1 Å². The molecule has 0 aliphatic heterocycles. The van der Waals surface area contributed by atoms with Gasteiger partial charge in [0.05, 0.1) is 17.9 Å². The Morgan fingerprint density at radius 1 is 1.00 bits per heavy atom. The zero-order valence-corrected chi connectivity index (χ0v) is 8.69. The van der Waals surface area contributed by atoms with Crippen LogP contribution in [0.2, 0.25) is 0 Å². The van der Waals surface area contributed by atoms with Crippen molar-refractivity contribution < 1.29 is 69.4 Å². The van der Waals surface area contributed by atoms with Crippen molar-refractivity contribution in [2.24, 2.45) is 5.92 Å². The predicted octanol–water partition coefficient (Wildman–Crippen LogP) is -3.31. The van der Waals surface area contributed by atoms with Crippen LogP contribution in [0.5, 0.6) is 0 Å². The number of carboxylic acids is 2. The van der Waals surface area contributed by atoms with Gasteiger partial charge in [0.2, 0.25) is 0 Å². The van der Waals surface area contributed by atoms with Gasteiger partial charge in [0.15, 0.2) is 0 Å². The molecule has 0 aromatic rings. The molecule has 0 radical (unpaired) electrons. The van der Waals surface area contributed by atoms with Crippen molar-refractivity contribution in [2.45, 2.75) is 6.92 Å². The molecule has 5 nitrogen and oxygen atoms in total. The van der Waals surface area contributed by atoms with Crippen LogP contribution in [0.1, 0.15) is 6.92 Å². The maximum Gasteiger partial charge on any atom is 1.00 e. The fourth-order valence-electron chi connectivity index (χ4n) is 0.428. The summed E-state index contributed by atoms with van der Waals surface area (Å²) in [5, 5.41) is 19.7. The minimum atomic E-state index is -2.14. The molecule has 0 saturated carbocycles. The van der Waals surface area contributed by atoms with Crippen LogP contribution in [0.15, 0.2) is 0 Å². The Labute approximate surface area is 99.5 Å². The average Bonchev–Trinajstić information content (AvgIpc) is 1.59. The Hall–Kier alpha value is 0.0905. The molecular formula is C5H4Ag2O5. The van der Waals surface area contributed by atoms with Crippen molar-refractivity contribution >= 4 is 17.7 Å². The van der Waals surface area contributed by atoms with E-state index in [1.54, 1.807) is 0 Å². The van der Waals surface area contributed by atoms with E-state index in [0.717, 1.165) is 6.92 Å². The van der Waals surface area contributed by atoms with Gasteiger partial charge in [0.25, 0.3) is 0 Å². The summed E-state index contributed by atoms with van der Waals surface area (Å²) in [5.74, 6) is -7.01. The topological polar surface area (TPSA) is 97.3 Å². The third-order valence-corrected chi connectivity index (χ3v) is 0.878. The van der Waals surface area contributed by atoms with Gasteiger partial charge in [-0.05, 0) is 6.92 Å². The number of hydrogen-bond donors (Lipinski definition) is 0. The Morgan fingerprint density at radius 3 is 1.25 bits per heavy atom. The van der Waals surface area contributed by atoms with Gasteiger partial charge in [-0.1, -0.05) is 0 Å². The van der Waals surface area contributed by atoms with Crippen molar-refractivity contribution in [1.82, 2.24) is 0 Å². The summed E-state index contributed by atoms with van der Waals surface area (Å²) in [4.78, 5) is 29.8. The molecule has 0 aliphatic rings. The first-order valence-electron chi connectivity index (χ1n) is 2.39. The summed E-state index contributed by atoms with van der Waals surface area (Å²) >= 11 is 0. The largest absolute Gasteiger partial charge is 1.00 e. The molecule has 0 heterocycles. The van der Waals surface area contributed by atoms with Crippen LogP contribution in [-0.4, -0.2) is 17.7 Å². The molecule has 0 amide bonds. The van der Waals surface area contributed by atoms with E-state index in [4.69, 9.17) is 0 Å². The van der Waals surface area contributed by atoms with Crippen molar-refractivity contribution in [1.29, 1.82) is 0 Å². The van der Waals surface area contributed by atoms with E-state index in [0.29, 0.717) is 0 Å².